The van der Waals surface area contributed by atoms with Crippen molar-refractivity contribution in [3.05, 3.63) is 29.3 Å². The van der Waals surface area contributed by atoms with E-state index in [2.05, 4.69) is 10.5 Å². The Kier molecular flexibility index (Phi) is 4.70. The largest absolute Gasteiger partial charge is 0.365 e. The molecule has 0 fully saturated rings. The molecule has 5 nitrogen and oxygen atoms in total. The fourth-order valence-electron chi connectivity index (χ4n) is 1.53. The summed E-state index contributed by atoms with van der Waals surface area (Å²) in [6.07, 6.45) is 0. The summed E-state index contributed by atoms with van der Waals surface area (Å²) in [5.74, 6) is 0.595. The van der Waals surface area contributed by atoms with Gasteiger partial charge in [-0.15, -0.1) is 11.3 Å². The minimum atomic E-state index is -0.128. The van der Waals surface area contributed by atoms with Crippen molar-refractivity contribution < 1.29 is 14.1 Å². The Morgan fingerprint density at radius 3 is 3.11 bits per heavy atom. The quantitative estimate of drug-likeness (QED) is 0.882. The van der Waals surface area contributed by atoms with Crippen molar-refractivity contribution in [2.45, 2.75) is 26.5 Å². The number of nitrogens with zero attached hydrogens (tertiary/aromatic N) is 1. The molecule has 2 rings (SSSR count). The first kappa shape index (κ1) is 13.8. The molecule has 6 heteroatoms. The number of aromatic nitrogens is 1. The summed E-state index contributed by atoms with van der Waals surface area (Å²) in [6.45, 7) is 4.10. The zero-order valence-electron chi connectivity index (χ0n) is 10.9. The van der Waals surface area contributed by atoms with E-state index < -0.39 is 0 Å². The molecular weight excluding hydrogens is 264 g/mol. The van der Waals surface area contributed by atoms with Crippen LogP contribution in [0.25, 0.3) is 10.6 Å². The summed E-state index contributed by atoms with van der Waals surface area (Å²) in [5, 5.41) is 8.63. The molecule has 0 aliphatic carbocycles. The molecule has 2 heterocycles. The number of thiophene rings is 1. The van der Waals surface area contributed by atoms with Crippen LogP contribution in [0.2, 0.25) is 0 Å². The molecule has 0 aliphatic rings. The van der Waals surface area contributed by atoms with Gasteiger partial charge in [0.05, 0.1) is 11.5 Å². The summed E-state index contributed by atoms with van der Waals surface area (Å²) in [4.78, 5) is 12.4. The van der Waals surface area contributed by atoms with E-state index in [1.54, 1.807) is 11.3 Å². The zero-order chi connectivity index (χ0) is 13.7. The molecule has 0 saturated heterocycles. The van der Waals surface area contributed by atoms with E-state index >= 15 is 0 Å². The van der Waals surface area contributed by atoms with Crippen LogP contribution in [0.15, 0.2) is 28.1 Å². The predicted molar refractivity (Wildman–Crippen MR) is 72.8 cm³/mol. The van der Waals surface area contributed by atoms with Gasteiger partial charge in [0.15, 0.2) is 5.76 Å². The third-order valence-electron chi connectivity index (χ3n) is 2.26. The third-order valence-corrected chi connectivity index (χ3v) is 3.14. The van der Waals surface area contributed by atoms with Crippen LogP contribution in [0.1, 0.15) is 19.5 Å². The highest BCUT2D eigenvalue weighted by molar-refractivity contribution is 7.13. The van der Waals surface area contributed by atoms with Gasteiger partial charge in [-0.3, -0.25) is 4.79 Å². The summed E-state index contributed by atoms with van der Waals surface area (Å²) in [7, 11) is 0. The second kappa shape index (κ2) is 6.49. The molecular formula is C13H16N2O3S. The average molecular weight is 280 g/mol. The standard InChI is InChI=1S/C13H16N2O3S/c1-9(2)14-13(16)8-17-7-10-6-11(18-15-10)12-4-3-5-19-12/h3-6,9H,7-8H2,1-2H3,(H,14,16). The number of amides is 1. The first-order valence-corrected chi connectivity index (χ1v) is 6.89. The molecule has 0 radical (unpaired) electrons. The highest BCUT2D eigenvalue weighted by atomic mass is 32.1. The van der Waals surface area contributed by atoms with Gasteiger partial charge in [0.1, 0.15) is 12.3 Å². The molecule has 2 aromatic rings. The van der Waals surface area contributed by atoms with Crippen molar-refractivity contribution in [3.8, 4) is 10.6 Å². The van der Waals surface area contributed by atoms with Gasteiger partial charge in [-0.25, -0.2) is 0 Å². The smallest absolute Gasteiger partial charge is 0.246 e. The van der Waals surface area contributed by atoms with E-state index in [1.807, 2.05) is 37.4 Å². The monoisotopic (exact) mass is 280 g/mol. The van der Waals surface area contributed by atoms with Crippen molar-refractivity contribution in [2.75, 3.05) is 6.61 Å². The lowest BCUT2D eigenvalue weighted by atomic mass is 10.3. The van der Waals surface area contributed by atoms with Crippen molar-refractivity contribution in [3.63, 3.8) is 0 Å². The topological polar surface area (TPSA) is 64.4 Å². The van der Waals surface area contributed by atoms with Crippen LogP contribution in [-0.4, -0.2) is 23.7 Å². The van der Waals surface area contributed by atoms with Gasteiger partial charge in [-0.1, -0.05) is 11.2 Å². The van der Waals surface area contributed by atoms with E-state index in [1.165, 1.54) is 0 Å². The van der Waals surface area contributed by atoms with Gasteiger partial charge >= 0.3 is 0 Å². The maximum Gasteiger partial charge on any atom is 0.246 e. The van der Waals surface area contributed by atoms with Crippen molar-refractivity contribution in [1.29, 1.82) is 0 Å². The van der Waals surface area contributed by atoms with Gasteiger partial charge in [-0.05, 0) is 25.3 Å². The van der Waals surface area contributed by atoms with Crippen LogP contribution < -0.4 is 5.32 Å². The van der Waals surface area contributed by atoms with Crippen LogP contribution in [0, 0.1) is 0 Å². The highest BCUT2D eigenvalue weighted by Crippen LogP contribution is 2.25. The Balaban J connectivity index is 1.79. The molecule has 0 unspecified atom stereocenters. The Morgan fingerprint density at radius 1 is 1.58 bits per heavy atom. The molecule has 102 valence electrons. The average Bonchev–Trinajstić information content (AvgIpc) is 2.97. The van der Waals surface area contributed by atoms with Crippen LogP contribution >= 0.6 is 11.3 Å². The third kappa shape index (κ3) is 4.18. The van der Waals surface area contributed by atoms with E-state index in [-0.39, 0.29) is 25.2 Å². The van der Waals surface area contributed by atoms with E-state index in [9.17, 15) is 4.79 Å². The highest BCUT2D eigenvalue weighted by Gasteiger charge is 2.09. The Labute approximate surface area is 115 Å². The summed E-state index contributed by atoms with van der Waals surface area (Å²) >= 11 is 1.59. The van der Waals surface area contributed by atoms with Gasteiger partial charge in [-0.2, -0.15) is 0 Å². The number of hydrogen-bond acceptors (Lipinski definition) is 5. The second-order valence-corrected chi connectivity index (χ2v) is 5.32. The molecule has 0 spiro atoms. The fraction of sp³-hybridized carbons (Fsp3) is 0.385. The molecule has 1 amide bonds. The molecule has 2 aromatic heterocycles. The first-order chi connectivity index (χ1) is 9.15. The van der Waals surface area contributed by atoms with Gasteiger partial charge < -0.3 is 14.6 Å². The minimum absolute atomic E-state index is 0.0272. The van der Waals surface area contributed by atoms with Crippen molar-refractivity contribution in [2.24, 2.45) is 0 Å². The van der Waals surface area contributed by atoms with Crippen LogP contribution in [0.4, 0.5) is 0 Å². The molecule has 0 aromatic carbocycles. The van der Waals surface area contributed by atoms with Crippen molar-refractivity contribution >= 4 is 17.2 Å². The number of hydrogen-bond donors (Lipinski definition) is 1. The molecule has 0 aliphatic heterocycles. The number of carbonyl (C=O) groups is 1. The van der Waals surface area contributed by atoms with Crippen LogP contribution in [0.3, 0.4) is 0 Å². The fourth-order valence-corrected chi connectivity index (χ4v) is 2.20. The van der Waals surface area contributed by atoms with E-state index in [0.29, 0.717) is 5.69 Å². The zero-order valence-corrected chi connectivity index (χ0v) is 11.7. The van der Waals surface area contributed by atoms with E-state index in [4.69, 9.17) is 9.26 Å². The lowest BCUT2D eigenvalue weighted by molar-refractivity contribution is -0.126. The van der Waals surface area contributed by atoms with E-state index in [0.717, 1.165) is 10.6 Å². The lowest BCUT2D eigenvalue weighted by Crippen LogP contribution is -2.33. The lowest BCUT2D eigenvalue weighted by Gasteiger charge is -2.07. The summed E-state index contributed by atoms with van der Waals surface area (Å²) in [5.41, 5.74) is 0.681. The Morgan fingerprint density at radius 2 is 2.42 bits per heavy atom. The number of nitrogens with one attached hydrogen (secondary N) is 1. The van der Waals surface area contributed by atoms with Crippen LogP contribution in [0.5, 0.6) is 0 Å². The SMILES string of the molecule is CC(C)NC(=O)COCc1cc(-c2cccs2)on1. The second-order valence-electron chi connectivity index (χ2n) is 4.37. The Hall–Kier alpha value is -1.66. The molecule has 19 heavy (non-hydrogen) atoms. The van der Waals surface area contributed by atoms with Gasteiger partial charge in [0, 0.05) is 12.1 Å². The summed E-state index contributed by atoms with van der Waals surface area (Å²) < 4.78 is 10.5. The first-order valence-electron chi connectivity index (χ1n) is 6.01. The number of carbonyl (C=O) groups excluding carboxylic acids is 1. The number of ether oxygens (including phenoxy) is 1. The Bertz CT molecular complexity index is 520. The normalized spacial score (nSPS) is 10.9. The van der Waals surface area contributed by atoms with Crippen LogP contribution in [-0.2, 0) is 16.1 Å². The van der Waals surface area contributed by atoms with Gasteiger partial charge in [0.2, 0.25) is 5.91 Å². The molecule has 0 saturated carbocycles. The maximum absolute atomic E-state index is 11.4. The number of rotatable bonds is 6. The van der Waals surface area contributed by atoms with Crippen molar-refractivity contribution in [1.82, 2.24) is 10.5 Å². The van der Waals surface area contributed by atoms with Gasteiger partial charge in [0.25, 0.3) is 0 Å². The maximum atomic E-state index is 11.4. The predicted octanol–water partition coefficient (Wildman–Crippen LogP) is 2.44. The minimum Gasteiger partial charge on any atom is -0.365 e. The molecule has 1 N–H and O–H groups in total. The molecule has 0 atom stereocenters. The summed E-state index contributed by atoms with van der Waals surface area (Å²) in [6, 6.07) is 5.86. The molecule has 0 bridgehead atoms.